The Morgan fingerprint density at radius 2 is 1.96 bits per heavy atom. The molecule has 2 aromatic rings. The number of aliphatic hydroxyl groups excluding tert-OH is 1. The lowest BCUT2D eigenvalue weighted by molar-refractivity contribution is 0.0712. The Morgan fingerprint density at radius 1 is 1.27 bits per heavy atom. The summed E-state index contributed by atoms with van der Waals surface area (Å²) in [7, 11) is 0. The summed E-state index contributed by atoms with van der Waals surface area (Å²) in [6.07, 6.45) is -0.352. The lowest BCUT2D eigenvalue weighted by Gasteiger charge is -2.31. The summed E-state index contributed by atoms with van der Waals surface area (Å²) in [6, 6.07) is 9.03. The van der Waals surface area contributed by atoms with Crippen molar-refractivity contribution in [3.63, 3.8) is 0 Å². The van der Waals surface area contributed by atoms with Gasteiger partial charge in [-0.3, -0.25) is 4.90 Å². The molecule has 136 valence electrons. The number of amides is 2. The highest BCUT2D eigenvalue weighted by Crippen LogP contribution is 2.42. The molecule has 0 aliphatic carbocycles. The molecule has 1 aliphatic heterocycles. The smallest absolute Gasteiger partial charge is 0.449 e. The number of carboxylic acid groups (broad SMARTS) is 2. The standard InChI is InChI=1S/C18H19N3O5/c1-2-8-20(18(25)26)15-10-16-14(12-5-3-4-6-13(12)15)7-9-21(16,11-22)19-17(23)24/h2-6,10,19,22H,1,7-9,11H2,(H-,23,24,25,26)/p+1. The van der Waals surface area contributed by atoms with Crippen LogP contribution in [-0.2, 0) is 6.42 Å². The normalized spacial score (nSPS) is 18.3. The van der Waals surface area contributed by atoms with E-state index in [0.29, 0.717) is 24.3 Å². The monoisotopic (exact) mass is 358 g/mol. The summed E-state index contributed by atoms with van der Waals surface area (Å²) in [5, 5.41) is 30.3. The summed E-state index contributed by atoms with van der Waals surface area (Å²) < 4.78 is -0.357. The Kier molecular flexibility index (Phi) is 4.54. The first-order valence-corrected chi connectivity index (χ1v) is 8.09. The zero-order valence-electron chi connectivity index (χ0n) is 14.1. The van der Waals surface area contributed by atoms with Crippen molar-refractivity contribution in [2.45, 2.75) is 6.42 Å². The van der Waals surface area contributed by atoms with Crippen molar-refractivity contribution in [3.8, 4) is 0 Å². The second kappa shape index (κ2) is 6.66. The molecule has 2 amide bonds. The number of hydrogen-bond donors (Lipinski definition) is 4. The Hall–Kier alpha value is -3.10. The van der Waals surface area contributed by atoms with Crippen LogP contribution in [0.25, 0.3) is 10.8 Å². The third-order valence-electron chi connectivity index (χ3n) is 4.70. The summed E-state index contributed by atoms with van der Waals surface area (Å²) in [4.78, 5) is 24.2. The van der Waals surface area contributed by atoms with Crippen LogP contribution in [0, 0.1) is 0 Å². The van der Waals surface area contributed by atoms with Gasteiger partial charge in [-0.05, 0) is 5.39 Å². The van der Waals surface area contributed by atoms with Crippen molar-refractivity contribution in [2.24, 2.45) is 0 Å². The number of benzene rings is 2. The van der Waals surface area contributed by atoms with Gasteiger partial charge in [0.1, 0.15) is 6.54 Å². The summed E-state index contributed by atoms with van der Waals surface area (Å²) >= 11 is 0. The van der Waals surface area contributed by atoms with Gasteiger partial charge in [-0.2, -0.15) is 10.0 Å². The predicted octanol–water partition coefficient (Wildman–Crippen LogP) is 2.51. The third kappa shape index (κ3) is 2.75. The minimum atomic E-state index is -1.26. The van der Waals surface area contributed by atoms with Crippen LogP contribution >= 0.6 is 0 Å². The van der Waals surface area contributed by atoms with E-state index in [1.165, 1.54) is 6.08 Å². The van der Waals surface area contributed by atoms with Gasteiger partial charge in [0.25, 0.3) is 0 Å². The number of nitrogens with zero attached hydrogens (tertiary/aromatic N) is 2. The van der Waals surface area contributed by atoms with Gasteiger partial charge in [-0.25, -0.2) is 9.59 Å². The molecular weight excluding hydrogens is 338 g/mol. The van der Waals surface area contributed by atoms with Crippen molar-refractivity contribution in [2.75, 3.05) is 24.7 Å². The maximum absolute atomic E-state index is 11.8. The van der Waals surface area contributed by atoms with Gasteiger partial charge in [-0.15, -0.1) is 6.58 Å². The van der Waals surface area contributed by atoms with Crippen molar-refractivity contribution in [3.05, 3.63) is 48.6 Å². The van der Waals surface area contributed by atoms with E-state index in [1.54, 1.807) is 6.07 Å². The predicted molar refractivity (Wildman–Crippen MR) is 98.1 cm³/mol. The lowest BCUT2D eigenvalue weighted by Crippen LogP contribution is -2.61. The van der Waals surface area contributed by atoms with Crippen LogP contribution in [0.15, 0.2) is 43.0 Å². The molecular formula is C18H20N3O5+. The highest BCUT2D eigenvalue weighted by Gasteiger charge is 2.42. The van der Waals surface area contributed by atoms with Crippen LogP contribution in [0.3, 0.4) is 0 Å². The Labute approximate surface area is 149 Å². The fourth-order valence-corrected chi connectivity index (χ4v) is 3.58. The molecule has 26 heavy (non-hydrogen) atoms. The third-order valence-corrected chi connectivity index (χ3v) is 4.70. The number of hydrogen-bond acceptors (Lipinski definition) is 3. The first kappa shape index (κ1) is 17.7. The average molecular weight is 358 g/mol. The fourth-order valence-electron chi connectivity index (χ4n) is 3.58. The number of anilines is 1. The molecule has 1 atom stereocenters. The van der Waals surface area contributed by atoms with Gasteiger partial charge in [0.2, 0.25) is 6.73 Å². The molecule has 1 unspecified atom stereocenters. The Morgan fingerprint density at radius 3 is 2.54 bits per heavy atom. The SMILES string of the molecule is C=CCN(C(=O)O)c1cc2c(c3ccccc13)CC[N+]2(CO)NC(=O)O. The average Bonchev–Trinajstić information content (AvgIpc) is 2.97. The van der Waals surface area contributed by atoms with Crippen molar-refractivity contribution < 1.29 is 24.9 Å². The molecule has 1 heterocycles. The molecule has 0 fully saturated rings. The molecule has 0 radical (unpaired) electrons. The van der Waals surface area contributed by atoms with Gasteiger partial charge in [0.05, 0.1) is 5.69 Å². The second-order valence-corrected chi connectivity index (χ2v) is 6.12. The molecule has 3 rings (SSSR count). The van der Waals surface area contributed by atoms with Crippen LogP contribution in [0.5, 0.6) is 0 Å². The summed E-state index contributed by atoms with van der Waals surface area (Å²) in [5.74, 6) is 0. The van der Waals surface area contributed by atoms with Gasteiger partial charge >= 0.3 is 12.2 Å². The van der Waals surface area contributed by atoms with E-state index in [0.717, 1.165) is 21.2 Å². The molecule has 8 nitrogen and oxygen atoms in total. The molecule has 4 N–H and O–H groups in total. The van der Waals surface area contributed by atoms with E-state index in [4.69, 9.17) is 0 Å². The number of carbonyl (C=O) groups is 2. The molecule has 0 bridgehead atoms. The van der Waals surface area contributed by atoms with Crippen LogP contribution in [-0.4, -0.2) is 47.3 Å². The number of rotatable bonds is 5. The topological polar surface area (TPSA) is 110 Å². The molecule has 0 spiro atoms. The van der Waals surface area contributed by atoms with E-state index < -0.39 is 18.9 Å². The number of fused-ring (bicyclic) bond motifs is 3. The van der Waals surface area contributed by atoms with Gasteiger partial charge < -0.3 is 15.3 Å². The maximum Gasteiger partial charge on any atom is 0.449 e. The number of nitrogens with one attached hydrogen (secondary N) is 1. The molecule has 0 saturated heterocycles. The first-order valence-electron chi connectivity index (χ1n) is 8.09. The molecule has 8 heteroatoms. The minimum Gasteiger partial charge on any atom is -0.465 e. The largest absolute Gasteiger partial charge is 0.465 e. The fraction of sp³-hybridized carbons (Fsp3) is 0.222. The van der Waals surface area contributed by atoms with E-state index in [1.807, 2.05) is 24.3 Å². The molecule has 0 saturated carbocycles. The first-order chi connectivity index (χ1) is 12.4. The van der Waals surface area contributed by atoms with E-state index in [2.05, 4.69) is 12.0 Å². The van der Waals surface area contributed by atoms with E-state index in [-0.39, 0.29) is 11.1 Å². The number of aliphatic hydroxyl groups is 1. The molecule has 0 aromatic heterocycles. The molecule has 1 aliphatic rings. The zero-order chi connectivity index (χ0) is 18.9. The lowest BCUT2D eigenvalue weighted by atomic mass is 10.00. The van der Waals surface area contributed by atoms with Crippen LogP contribution in [0.2, 0.25) is 0 Å². The Balaban J connectivity index is 2.31. The van der Waals surface area contributed by atoms with Crippen molar-refractivity contribution in [1.82, 2.24) is 10.0 Å². The minimum absolute atomic E-state index is 0.0869. The number of quaternary nitrogens is 1. The van der Waals surface area contributed by atoms with Gasteiger partial charge in [0.15, 0.2) is 5.69 Å². The zero-order valence-corrected chi connectivity index (χ0v) is 14.1. The van der Waals surface area contributed by atoms with Crippen LogP contribution in [0.4, 0.5) is 21.0 Å². The van der Waals surface area contributed by atoms with Crippen LogP contribution < -0.4 is 14.9 Å². The second-order valence-electron chi connectivity index (χ2n) is 6.12. The van der Waals surface area contributed by atoms with Crippen LogP contribution in [0.1, 0.15) is 5.56 Å². The van der Waals surface area contributed by atoms with Gasteiger partial charge in [-0.1, -0.05) is 30.3 Å². The highest BCUT2D eigenvalue weighted by molar-refractivity contribution is 6.05. The highest BCUT2D eigenvalue weighted by atomic mass is 16.4. The summed E-state index contributed by atoms with van der Waals surface area (Å²) in [6.45, 7) is 3.57. The Bertz CT molecular complexity index is 898. The van der Waals surface area contributed by atoms with Gasteiger partial charge in [0, 0.05) is 30.0 Å². The van der Waals surface area contributed by atoms with E-state index in [9.17, 15) is 24.9 Å². The van der Waals surface area contributed by atoms with Crippen molar-refractivity contribution >= 4 is 34.3 Å². The summed E-state index contributed by atoms with van der Waals surface area (Å²) in [5.41, 5.74) is 4.25. The molecule has 2 aromatic carbocycles. The maximum atomic E-state index is 11.8. The van der Waals surface area contributed by atoms with E-state index >= 15 is 0 Å². The van der Waals surface area contributed by atoms with Crippen molar-refractivity contribution in [1.29, 1.82) is 0 Å². The quantitative estimate of drug-likeness (QED) is 0.485.